The van der Waals surface area contributed by atoms with Gasteiger partial charge < -0.3 is 14.4 Å². The molecule has 0 bridgehead atoms. The largest absolute Gasteiger partial charge is 0.478 e. The van der Waals surface area contributed by atoms with E-state index in [9.17, 15) is 4.79 Å². The van der Waals surface area contributed by atoms with E-state index < -0.39 is 0 Å². The molecule has 2 aromatic rings. The van der Waals surface area contributed by atoms with Crippen LogP contribution in [0.4, 0.5) is 5.69 Å². The van der Waals surface area contributed by atoms with Gasteiger partial charge in [0.05, 0.1) is 11.1 Å². The standard InChI is InChI=1S/C22H22N2O3/c1-23(2)15-5-3-14(4-6-15)11-20-21(25)17-9-10-19-18(22(17)27-20)12-24(13-26-19)16-7-8-16/h3-6,9-11,16H,7-8,12-13H2,1-2H3/b20-11-. The number of hydrogen-bond donors (Lipinski definition) is 0. The topological polar surface area (TPSA) is 42.0 Å². The molecule has 0 atom stereocenters. The van der Waals surface area contributed by atoms with Crippen LogP contribution in [0.25, 0.3) is 6.08 Å². The van der Waals surface area contributed by atoms with Crippen LogP contribution >= 0.6 is 0 Å². The van der Waals surface area contributed by atoms with Crippen molar-refractivity contribution in [2.24, 2.45) is 0 Å². The Morgan fingerprint density at radius 1 is 1.11 bits per heavy atom. The number of anilines is 1. The van der Waals surface area contributed by atoms with E-state index in [1.807, 2.05) is 61.5 Å². The third-order valence-corrected chi connectivity index (χ3v) is 5.42. The summed E-state index contributed by atoms with van der Waals surface area (Å²) in [6.45, 7) is 1.40. The molecule has 3 aliphatic rings. The molecule has 0 amide bonds. The Bertz CT molecular complexity index is 943. The normalized spacial score (nSPS) is 20.1. The van der Waals surface area contributed by atoms with E-state index in [1.165, 1.54) is 12.8 Å². The van der Waals surface area contributed by atoms with E-state index >= 15 is 0 Å². The van der Waals surface area contributed by atoms with Gasteiger partial charge in [0.1, 0.15) is 18.2 Å². The van der Waals surface area contributed by atoms with Crippen LogP contribution in [0.2, 0.25) is 0 Å². The Kier molecular flexibility index (Phi) is 3.72. The first-order chi connectivity index (χ1) is 13.1. The number of ketones is 1. The summed E-state index contributed by atoms with van der Waals surface area (Å²) in [5.74, 6) is 1.81. The summed E-state index contributed by atoms with van der Waals surface area (Å²) in [7, 11) is 4.01. The zero-order valence-electron chi connectivity index (χ0n) is 15.6. The molecular weight excluding hydrogens is 340 g/mol. The number of fused-ring (bicyclic) bond motifs is 3. The summed E-state index contributed by atoms with van der Waals surface area (Å²) in [4.78, 5) is 17.2. The molecule has 2 heterocycles. The summed E-state index contributed by atoms with van der Waals surface area (Å²) in [6, 6.07) is 12.4. The minimum absolute atomic E-state index is 0.0620. The summed E-state index contributed by atoms with van der Waals surface area (Å²) < 4.78 is 11.9. The van der Waals surface area contributed by atoms with E-state index in [1.54, 1.807) is 0 Å². The van der Waals surface area contributed by atoms with Crippen LogP contribution in [-0.4, -0.2) is 37.6 Å². The van der Waals surface area contributed by atoms with Crippen LogP contribution in [0.15, 0.2) is 42.2 Å². The maximum Gasteiger partial charge on any atom is 0.231 e. The maximum absolute atomic E-state index is 12.8. The zero-order valence-corrected chi connectivity index (χ0v) is 15.6. The smallest absolute Gasteiger partial charge is 0.231 e. The molecule has 0 spiro atoms. The molecule has 5 heteroatoms. The van der Waals surface area contributed by atoms with Crippen molar-refractivity contribution >= 4 is 17.5 Å². The van der Waals surface area contributed by atoms with E-state index in [-0.39, 0.29) is 5.78 Å². The van der Waals surface area contributed by atoms with Crippen molar-refractivity contribution < 1.29 is 14.3 Å². The molecule has 1 aliphatic carbocycles. The molecule has 27 heavy (non-hydrogen) atoms. The second-order valence-electron chi connectivity index (χ2n) is 7.60. The molecule has 1 fully saturated rings. The lowest BCUT2D eigenvalue weighted by Crippen LogP contribution is -2.33. The number of allylic oxidation sites excluding steroid dienone is 1. The Morgan fingerprint density at radius 3 is 2.59 bits per heavy atom. The van der Waals surface area contributed by atoms with Gasteiger partial charge in [-0.2, -0.15) is 0 Å². The molecular formula is C22H22N2O3. The molecule has 2 aromatic carbocycles. The minimum atomic E-state index is -0.0620. The lowest BCUT2D eigenvalue weighted by Gasteiger charge is -2.29. The fourth-order valence-electron chi connectivity index (χ4n) is 3.67. The maximum atomic E-state index is 12.8. The molecule has 1 saturated carbocycles. The van der Waals surface area contributed by atoms with E-state index in [2.05, 4.69) is 4.90 Å². The first-order valence-electron chi connectivity index (χ1n) is 9.34. The van der Waals surface area contributed by atoms with Gasteiger partial charge >= 0.3 is 0 Å². The molecule has 2 aliphatic heterocycles. The second-order valence-corrected chi connectivity index (χ2v) is 7.60. The van der Waals surface area contributed by atoms with Crippen molar-refractivity contribution in [2.45, 2.75) is 25.4 Å². The summed E-state index contributed by atoms with van der Waals surface area (Å²) in [5.41, 5.74) is 3.68. The molecule has 0 radical (unpaired) electrons. The first-order valence-corrected chi connectivity index (χ1v) is 9.34. The molecule has 0 N–H and O–H groups in total. The Morgan fingerprint density at radius 2 is 1.89 bits per heavy atom. The number of ether oxygens (including phenoxy) is 2. The zero-order chi connectivity index (χ0) is 18.5. The predicted molar refractivity (Wildman–Crippen MR) is 104 cm³/mol. The number of rotatable bonds is 3. The van der Waals surface area contributed by atoms with Crippen molar-refractivity contribution in [3.05, 3.63) is 58.8 Å². The van der Waals surface area contributed by atoms with E-state index in [0.717, 1.165) is 29.1 Å². The predicted octanol–water partition coefficient (Wildman–Crippen LogP) is 3.68. The number of carbonyl (C=O) groups is 1. The highest BCUT2D eigenvalue weighted by Crippen LogP contribution is 2.43. The van der Waals surface area contributed by atoms with Gasteiger partial charge in [-0.25, -0.2) is 0 Å². The van der Waals surface area contributed by atoms with Crippen LogP contribution < -0.4 is 14.4 Å². The molecule has 5 rings (SSSR count). The fourth-order valence-corrected chi connectivity index (χ4v) is 3.67. The Labute approximate surface area is 158 Å². The van der Waals surface area contributed by atoms with Crippen molar-refractivity contribution in [1.29, 1.82) is 0 Å². The third kappa shape index (κ3) is 2.88. The average molecular weight is 362 g/mol. The average Bonchev–Trinajstić information content (AvgIpc) is 3.48. The number of benzene rings is 2. The summed E-state index contributed by atoms with van der Waals surface area (Å²) in [5, 5.41) is 0. The molecule has 5 nitrogen and oxygen atoms in total. The third-order valence-electron chi connectivity index (χ3n) is 5.42. The number of carbonyl (C=O) groups excluding carboxylic acids is 1. The monoisotopic (exact) mass is 362 g/mol. The van der Waals surface area contributed by atoms with E-state index in [0.29, 0.717) is 29.8 Å². The van der Waals surface area contributed by atoms with Crippen LogP contribution in [-0.2, 0) is 6.54 Å². The Hall–Kier alpha value is -2.79. The van der Waals surface area contributed by atoms with Gasteiger partial charge in [-0.1, -0.05) is 12.1 Å². The second kappa shape index (κ2) is 6.13. The van der Waals surface area contributed by atoms with Crippen molar-refractivity contribution in [3.8, 4) is 11.5 Å². The molecule has 0 unspecified atom stereocenters. The van der Waals surface area contributed by atoms with Crippen LogP contribution in [0.1, 0.15) is 34.3 Å². The summed E-state index contributed by atoms with van der Waals surface area (Å²) in [6.07, 6.45) is 4.26. The van der Waals surface area contributed by atoms with Gasteiger partial charge in [-0.15, -0.1) is 0 Å². The number of Topliss-reactive ketones (excluding diaryl/α,β-unsaturated/α-hetero) is 1. The van der Waals surface area contributed by atoms with Gasteiger partial charge in [-0.05, 0) is 48.7 Å². The molecule has 0 aromatic heterocycles. The molecule has 0 saturated heterocycles. The van der Waals surface area contributed by atoms with Crippen molar-refractivity contribution in [1.82, 2.24) is 4.90 Å². The lowest BCUT2D eigenvalue weighted by molar-refractivity contribution is 0.0868. The first kappa shape index (κ1) is 16.4. The van der Waals surface area contributed by atoms with Gasteiger partial charge in [-0.3, -0.25) is 9.69 Å². The Balaban J connectivity index is 1.45. The highest BCUT2D eigenvalue weighted by molar-refractivity contribution is 6.15. The van der Waals surface area contributed by atoms with Crippen LogP contribution in [0.3, 0.4) is 0 Å². The van der Waals surface area contributed by atoms with Crippen molar-refractivity contribution in [3.63, 3.8) is 0 Å². The minimum Gasteiger partial charge on any atom is -0.478 e. The van der Waals surface area contributed by atoms with Crippen LogP contribution in [0, 0.1) is 0 Å². The lowest BCUT2D eigenvalue weighted by atomic mass is 10.0. The number of nitrogens with zero attached hydrogens (tertiary/aromatic N) is 2. The SMILES string of the molecule is CN(C)c1ccc(/C=C2\Oc3c(ccc4c3CN(C3CC3)CO4)C2=O)cc1. The summed E-state index contributed by atoms with van der Waals surface area (Å²) >= 11 is 0. The van der Waals surface area contributed by atoms with E-state index in [4.69, 9.17) is 9.47 Å². The highest BCUT2D eigenvalue weighted by atomic mass is 16.5. The van der Waals surface area contributed by atoms with Crippen molar-refractivity contribution in [2.75, 3.05) is 25.7 Å². The highest BCUT2D eigenvalue weighted by Gasteiger charge is 2.37. The van der Waals surface area contributed by atoms with Gasteiger partial charge in [0.2, 0.25) is 5.78 Å². The fraction of sp³-hybridized carbons (Fsp3) is 0.318. The molecule has 138 valence electrons. The number of hydrogen-bond acceptors (Lipinski definition) is 5. The quantitative estimate of drug-likeness (QED) is 0.779. The van der Waals surface area contributed by atoms with Gasteiger partial charge in [0, 0.05) is 32.4 Å². The van der Waals surface area contributed by atoms with Gasteiger partial charge in [0.25, 0.3) is 0 Å². The van der Waals surface area contributed by atoms with Gasteiger partial charge in [0.15, 0.2) is 5.76 Å². The van der Waals surface area contributed by atoms with Crippen LogP contribution in [0.5, 0.6) is 11.5 Å².